The van der Waals surface area contributed by atoms with Crippen molar-refractivity contribution in [3.63, 3.8) is 0 Å². The van der Waals surface area contributed by atoms with E-state index in [4.69, 9.17) is 15.0 Å². The molecule has 3 aromatic heterocycles. The largest absolute Gasteiger partial charge is 0.309 e. The van der Waals surface area contributed by atoms with Gasteiger partial charge in [-0.25, -0.2) is 4.98 Å². The molecule has 5 heteroatoms. The first-order valence-electron chi connectivity index (χ1n) is 20.3. The molecule has 1 aliphatic carbocycles. The predicted octanol–water partition coefficient (Wildman–Crippen LogP) is 13.4. The third kappa shape index (κ3) is 5.33. The van der Waals surface area contributed by atoms with Gasteiger partial charge >= 0.3 is 0 Å². The second-order valence-corrected chi connectivity index (χ2v) is 17.2. The summed E-state index contributed by atoms with van der Waals surface area (Å²) >= 11 is 0. The summed E-state index contributed by atoms with van der Waals surface area (Å²) in [6, 6.07) is 58.5. The first-order valence-corrected chi connectivity index (χ1v) is 20.3. The molecule has 0 radical (unpaired) electrons. The zero-order chi connectivity index (χ0) is 39.2. The van der Waals surface area contributed by atoms with Gasteiger partial charge in [-0.3, -0.25) is 4.57 Å². The van der Waals surface area contributed by atoms with Crippen LogP contribution in [0.4, 0.5) is 0 Å². The van der Waals surface area contributed by atoms with E-state index in [0.717, 1.165) is 57.3 Å². The molecule has 0 saturated heterocycles. The van der Waals surface area contributed by atoms with E-state index < -0.39 is 0 Å². The van der Waals surface area contributed by atoms with Crippen LogP contribution in [0.3, 0.4) is 0 Å². The van der Waals surface area contributed by atoms with Crippen LogP contribution in [0.15, 0.2) is 164 Å². The quantitative estimate of drug-likeness (QED) is 0.176. The summed E-state index contributed by atoms with van der Waals surface area (Å²) in [6.07, 6.45) is 2.27. The lowest BCUT2D eigenvalue weighted by atomic mass is 9.63. The predicted molar refractivity (Wildman–Crippen MR) is 240 cm³/mol. The van der Waals surface area contributed by atoms with Crippen molar-refractivity contribution in [2.75, 3.05) is 0 Å². The van der Waals surface area contributed by atoms with Crippen molar-refractivity contribution in [3.05, 3.63) is 175 Å². The topological polar surface area (TPSA) is 48.5 Å². The van der Waals surface area contributed by atoms with Crippen molar-refractivity contribution in [1.82, 2.24) is 24.1 Å². The Balaban J connectivity index is 1.29. The average Bonchev–Trinajstić information content (AvgIpc) is 3.76. The van der Waals surface area contributed by atoms with E-state index in [1.165, 1.54) is 38.2 Å². The van der Waals surface area contributed by atoms with Crippen LogP contribution in [-0.4, -0.2) is 24.1 Å². The van der Waals surface area contributed by atoms with Crippen molar-refractivity contribution in [2.45, 2.75) is 51.4 Å². The van der Waals surface area contributed by atoms with Gasteiger partial charge in [0.1, 0.15) is 0 Å². The summed E-state index contributed by atoms with van der Waals surface area (Å²) in [6.45, 7) is 9.62. The highest BCUT2D eigenvalue weighted by Gasteiger charge is 2.38. The standard InChI is InChI=1S/C53H43N5/c1-52(2)28-29-53(3,4)44-32-46-42(31-43(44)52)41-30-40-38-25-16-17-27-45(38)57(36-22-12-7-13-23-36)47(40)33-48(41)58(46)51-55-49(35-20-10-6-11-21-35)54-50(56-51)39-26-15-14-24-37(39)34-18-8-5-9-19-34/h5-27,30-33H,28-29H2,1-4H3. The lowest BCUT2D eigenvalue weighted by molar-refractivity contribution is 0.332. The van der Waals surface area contributed by atoms with Gasteiger partial charge in [-0.05, 0) is 88.4 Å². The molecule has 280 valence electrons. The minimum absolute atomic E-state index is 0.0131. The van der Waals surface area contributed by atoms with Crippen LogP contribution < -0.4 is 0 Å². The normalized spacial score (nSPS) is 14.7. The monoisotopic (exact) mass is 749 g/mol. The van der Waals surface area contributed by atoms with Crippen LogP contribution in [0.1, 0.15) is 51.7 Å². The van der Waals surface area contributed by atoms with Crippen LogP contribution in [0, 0.1) is 0 Å². The molecule has 58 heavy (non-hydrogen) atoms. The molecule has 5 nitrogen and oxygen atoms in total. The molecule has 11 rings (SSSR count). The highest BCUT2D eigenvalue weighted by Crippen LogP contribution is 2.49. The Bertz CT molecular complexity index is 3210. The lowest BCUT2D eigenvalue weighted by Crippen LogP contribution is -2.33. The maximum absolute atomic E-state index is 5.47. The maximum atomic E-state index is 5.47. The van der Waals surface area contributed by atoms with Gasteiger partial charge < -0.3 is 4.57 Å². The molecule has 0 bridgehead atoms. The summed E-state index contributed by atoms with van der Waals surface area (Å²) in [5.41, 5.74) is 12.6. The number of nitrogens with zero attached hydrogens (tertiary/aromatic N) is 5. The number of benzene rings is 7. The van der Waals surface area contributed by atoms with E-state index in [1.807, 2.05) is 18.2 Å². The molecule has 0 spiro atoms. The van der Waals surface area contributed by atoms with E-state index >= 15 is 0 Å². The molecule has 10 aromatic rings. The van der Waals surface area contributed by atoms with Crippen molar-refractivity contribution in [3.8, 4) is 45.5 Å². The fraction of sp³-hybridized carbons (Fsp3) is 0.151. The number of hydrogen-bond acceptors (Lipinski definition) is 3. The number of hydrogen-bond donors (Lipinski definition) is 0. The molecule has 0 unspecified atom stereocenters. The van der Waals surface area contributed by atoms with Crippen LogP contribution in [-0.2, 0) is 10.8 Å². The highest BCUT2D eigenvalue weighted by atomic mass is 15.2. The van der Waals surface area contributed by atoms with Crippen molar-refractivity contribution < 1.29 is 0 Å². The van der Waals surface area contributed by atoms with Crippen LogP contribution in [0.2, 0.25) is 0 Å². The highest BCUT2D eigenvalue weighted by molar-refractivity contribution is 6.19. The molecule has 1 aliphatic rings. The number of aromatic nitrogens is 5. The zero-order valence-corrected chi connectivity index (χ0v) is 33.2. The van der Waals surface area contributed by atoms with Crippen LogP contribution in [0.5, 0.6) is 0 Å². The van der Waals surface area contributed by atoms with E-state index in [1.54, 1.807) is 0 Å². The first kappa shape index (κ1) is 34.4. The Morgan fingerprint density at radius 2 is 0.914 bits per heavy atom. The van der Waals surface area contributed by atoms with Gasteiger partial charge in [0.05, 0.1) is 22.1 Å². The molecule has 0 aliphatic heterocycles. The second kappa shape index (κ2) is 12.8. The summed E-state index contributed by atoms with van der Waals surface area (Å²) < 4.78 is 4.71. The molecule has 7 aromatic carbocycles. The molecular weight excluding hydrogens is 707 g/mol. The summed E-state index contributed by atoms with van der Waals surface area (Å²) in [5.74, 6) is 1.87. The van der Waals surface area contributed by atoms with Gasteiger partial charge in [-0.15, -0.1) is 0 Å². The molecule has 0 saturated carbocycles. The van der Waals surface area contributed by atoms with E-state index in [-0.39, 0.29) is 10.8 Å². The number of rotatable bonds is 5. The lowest BCUT2D eigenvalue weighted by Gasteiger charge is -2.42. The van der Waals surface area contributed by atoms with E-state index in [9.17, 15) is 0 Å². The van der Waals surface area contributed by atoms with Gasteiger partial charge in [0.2, 0.25) is 5.95 Å². The van der Waals surface area contributed by atoms with Gasteiger partial charge in [0, 0.05) is 38.4 Å². The summed E-state index contributed by atoms with van der Waals surface area (Å²) in [7, 11) is 0. The molecule has 0 N–H and O–H groups in total. The van der Waals surface area contributed by atoms with Crippen LogP contribution >= 0.6 is 0 Å². The molecule has 0 atom stereocenters. The first-order chi connectivity index (χ1) is 28.2. The maximum Gasteiger partial charge on any atom is 0.238 e. The Labute approximate surface area is 338 Å². The molecule has 0 fully saturated rings. The van der Waals surface area contributed by atoms with Gasteiger partial charge in [0.15, 0.2) is 11.6 Å². The Morgan fingerprint density at radius 3 is 1.64 bits per heavy atom. The third-order valence-corrected chi connectivity index (χ3v) is 12.7. The Morgan fingerprint density at radius 1 is 0.397 bits per heavy atom. The fourth-order valence-electron chi connectivity index (χ4n) is 9.46. The zero-order valence-electron chi connectivity index (χ0n) is 33.2. The Hall–Kier alpha value is -6.85. The third-order valence-electron chi connectivity index (χ3n) is 12.7. The Kier molecular flexibility index (Phi) is 7.61. The van der Waals surface area contributed by atoms with Crippen LogP contribution in [0.25, 0.3) is 89.2 Å². The van der Waals surface area contributed by atoms with Crippen molar-refractivity contribution in [2.24, 2.45) is 0 Å². The fourth-order valence-corrected chi connectivity index (χ4v) is 9.46. The van der Waals surface area contributed by atoms with Gasteiger partial charge in [-0.2, -0.15) is 9.97 Å². The minimum atomic E-state index is 0.0131. The average molecular weight is 750 g/mol. The molecular formula is C53H43N5. The second-order valence-electron chi connectivity index (χ2n) is 17.2. The summed E-state index contributed by atoms with van der Waals surface area (Å²) in [4.78, 5) is 16.1. The van der Waals surface area contributed by atoms with Crippen molar-refractivity contribution >= 4 is 43.6 Å². The smallest absolute Gasteiger partial charge is 0.238 e. The van der Waals surface area contributed by atoms with E-state index in [2.05, 4.69) is 182 Å². The van der Waals surface area contributed by atoms with Gasteiger partial charge in [0.25, 0.3) is 0 Å². The number of para-hydroxylation sites is 2. The minimum Gasteiger partial charge on any atom is -0.309 e. The van der Waals surface area contributed by atoms with E-state index in [0.29, 0.717) is 17.6 Å². The molecule has 3 heterocycles. The van der Waals surface area contributed by atoms with Crippen molar-refractivity contribution in [1.29, 1.82) is 0 Å². The molecule has 0 amide bonds. The SMILES string of the molecule is CC1(C)CCC(C)(C)c2cc3c(cc21)c1cc2c4ccccc4n(-c4ccccc4)c2cc1n3-c1nc(-c2ccccc2)nc(-c2ccccc2-c2ccccc2)n1. The summed E-state index contributed by atoms with van der Waals surface area (Å²) in [5, 5.41) is 4.86. The number of fused-ring (bicyclic) bond motifs is 7. The van der Waals surface area contributed by atoms with Gasteiger partial charge in [-0.1, -0.05) is 149 Å².